The number of amides is 1. The molecule has 0 aliphatic heterocycles. The van der Waals surface area contributed by atoms with Crippen molar-refractivity contribution >= 4 is 34.3 Å². The van der Waals surface area contributed by atoms with Gasteiger partial charge in [0.15, 0.2) is 5.58 Å². The third-order valence-electron chi connectivity index (χ3n) is 4.08. The van der Waals surface area contributed by atoms with E-state index in [0.717, 1.165) is 5.56 Å². The Labute approximate surface area is 160 Å². The molecule has 0 bridgehead atoms. The van der Waals surface area contributed by atoms with E-state index in [9.17, 15) is 4.79 Å². The van der Waals surface area contributed by atoms with Crippen LogP contribution in [0, 0.1) is 0 Å². The molecule has 4 rings (SSSR count). The minimum atomic E-state index is -0.278. The van der Waals surface area contributed by atoms with Gasteiger partial charge in [0.2, 0.25) is 5.89 Å². The minimum absolute atomic E-state index is 0.278. The number of ether oxygens (including phenoxy) is 1. The number of methoxy groups -OCH3 is 1. The summed E-state index contributed by atoms with van der Waals surface area (Å²) in [6.07, 6.45) is 0. The Morgan fingerprint density at radius 1 is 1.07 bits per heavy atom. The molecule has 5 nitrogen and oxygen atoms in total. The molecule has 1 heterocycles. The van der Waals surface area contributed by atoms with E-state index in [4.69, 9.17) is 20.8 Å². The van der Waals surface area contributed by atoms with E-state index in [2.05, 4.69) is 10.3 Å². The molecular weight excluding hydrogens is 364 g/mol. The number of nitrogens with one attached hydrogen (secondary N) is 1. The van der Waals surface area contributed by atoms with Crippen molar-refractivity contribution in [2.24, 2.45) is 0 Å². The molecule has 0 saturated heterocycles. The number of carbonyl (C=O) groups excluding carboxylic acids is 1. The normalized spacial score (nSPS) is 10.7. The smallest absolute Gasteiger partial charge is 0.257 e. The number of fused-ring (bicyclic) bond motifs is 1. The second-order valence-electron chi connectivity index (χ2n) is 5.87. The summed E-state index contributed by atoms with van der Waals surface area (Å²) in [7, 11) is 1.60. The van der Waals surface area contributed by atoms with Crippen LogP contribution in [0.5, 0.6) is 5.75 Å². The van der Waals surface area contributed by atoms with E-state index in [1.165, 1.54) is 0 Å². The Morgan fingerprint density at radius 3 is 2.74 bits per heavy atom. The van der Waals surface area contributed by atoms with Crippen molar-refractivity contribution in [2.45, 2.75) is 0 Å². The Balaban J connectivity index is 1.63. The molecule has 1 aromatic heterocycles. The number of rotatable bonds is 4. The molecule has 4 aromatic rings. The SMILES string of the molecule is COc1ccc2oc(-c3cccc(NC(=O)c4ccccc4Cl)c3)nc2c1. The first kappa shape index (κ1) is 17.1. The first-order valence-electron chi connectivity index (χ1n) is 8.25. The van der Waals surface area contributed by atoms with Crippen molar-refractivity contribution in [3.63, 3.8) is 0 Å². The average molecular weight is 379 g/mol. The van der Waals surface area contributed by atoms with E-state index in [1.807, 2.05) is 30.3 Å². The number of benzene rings is 3. The van der Waals surface area contributed by atoms with Crippen LogP contribution in [0.25, 0.3) is 22.6 Å². The van der Waals surface area contributed by atoms with Gasteiger partial charge in [-0.15, -0.1) is 0 Å². The lowest BCUT2D eigenvalue weighted by atomic mass is 10.1. The van der Waals surface area contributed by atoms with Crippen molar-refractivity contribution in [1.82, 2.24) is 4.98 Å². The summed E-state index contributed by atoms with van der Waals surface area (Å²) in [4.78, 5) is 16.9. The summed E-state index contributed by atoms with van der Waals surface area (Å²) in [5.41, 5.74) is 3.16. The summed E-state index contributed by atoms with van der Waals surface area (Å²) in [6.45, 7) is 0. The van der Waals surface area contributed by atoms with E-state index in [-0.39, 0.29) is 5.91 Å². The van der Waals surface area contributed by atoms with Gasteiger partial charge in [-0.1, -0.05) is 29.8 Å². The summed E-state index contributed by atoms with van der Waals surface area (Å²) in [5.74, 6) is 0.898. The number of nitrogens with zero attached hydrogens (tertiary/aromatic N) is 1. The fraction of sp³-hybridized carbons (Fsp3) is 0.0476. The van der Waals surface area contributed by atoms with Gasteiger partial charge in [0.25, 0.3) is 5.91 Å². The van der Waals surface area contributed by atoms with Crippen LogP contribution in [-0.4, -0.2) is 18.0 Å². The average Bonchev–Trinajstić information content (AvgIpc) is 3.11. The second-order valence-corrected chi connectivity index (χ2v) is 6.27. The van der Waals surface area contributed by atoms with Crippen molar-refractivity contribution in [2.75, 3.05) is 12.4 Å². The van der Waals surface area contributed by atoms with Crippen molar-refractivity contribution in [3.05, 3.63) is 77.3 Å². The van der Waals surface area contributed by atoms with Gasteiger partial charge < -0.3 is 14.5 Å². The maximum absolute atomic E-state index is 12.4. The summed E-state index contributed by atoms with van der Waals surface area (Å²) in [5, 5.41) is 3.25. The van der Waals surface area contributed by atoms with Crippen molar-refractivity contribution in [1.29, 1.82) is 0 Å². The first-order valence-corrected chi connectivity index (χ1v) is 8.63. The van der Waals surface area contributed by atoms with Gasteiger partial charge in [0, 0.05) is 17.3 Å². The topological polar surface area (TPSA) is 64.4 Å². The number of oxazole rings is 1. The van der Waals surface area contributed by atoms with Gasteiger partial charge in [-0.3, -0.25) is 4.79 Å². The van der Waals surface area contributed by atoms with E-state index < -0.39 is 0 Å². The standard InChI is InChI=1S/C21H15ClN2O3/c1-26-15-9-10-19-18(12-15)24-21(27-19)13-5-4-6-14(11-13)23-20(25)16-7-2-3-8-17(16)22/h2-12H,1H3,(H,23,25). The number of anilines is 1. The van der Waals surface area contributed by atoms with Gasteiger partial charge in [0.1, 0.15) is 11.3 Å². The Bertz CT molecular complexity index is 1140. The molecule has 27 heavy (non-hydrogen) atoms. The van der Waals surface area contributed by atoms with Crippen LogP contribution in [0.1, 0.15) is 10.4 Å². The predicted octanol–water partition coefficient (Wildman–Crippen LogP) is 5.41. The molecule has 0 radical (unpaired) electrons. The van der Waals surface area contributed by atoms with Crippen LogP contribution < -0.4 is 10.1 Å². The monoisotopic (exact) mass is 378 g/mol. The Hall–Kier alpha value is -3.31. The molecule has 0 atom stereocenters. The molecule has 1 N–H and O–H groups in total. The lowest BCUT2D eigenvalue weighted by Gasteiger charge is -2.07. The number of halogens is 1. The Kier molecular flexibility index (Phi) is 4.52. The fourth-order valence-electron chi connectivity index (χ4n) is 2.73. The van der Waals surface area contributed by atoms with Gasteiger partial charge in [0.05, 0.1) is 17.7 Å². The summed E-state index contributed by atoms with van der Waals surface area (Å²) >= 11 is 6.09. The molecular formula is C21H15ClN2O3. The van der Waals surface area contributed by atoms with Crippen LogP contribution in [0.3, 0.4) is 0 Å². The molecule has 0 saturated carbocycles. The highest BCUT2D eigenvalue weighted by Gasteiger charge is 2.12. The highest BCUT2D eigenvalue weighted by molar-refractivity contribution is 6.34. The molecule has 1 amide bonds. The van der Waals surface area contributed by atoms with Crippen LogP contribution in [0.2, 0.25) is 5.02 Å². The number of hydrogen-bond donors (Lipinski definition) is 1. The van der Waals surface area contributed by atoms with Gasteiger partial charge >= 0.3 is 0 Å². The van der Waals surface area contributed by atoms with Gasteiger partial charge in [-0.25, -0.2) is 4.98 Å². The molecule has 3 aromatic carbocycles. The summed E-state index contributed by atoms with van der Waals surface area (Å²) in [6, 6.07) is 19.6. The lowest BCUT2D eigenvalue weighted by Crippen LogP contribution is -2.12. The maximum atomic E-state index is 12.4. The number of aromatic nitrogens is 1. The van der Waals surface area contributed by atoms with E-state index in [0.29, 0.717) is 39.0 Å². The van der Waals surface area contributed by atoms with Crippen LogP contribution >= 0.6 is 11.6 Å². The second kappa shape index (κ2) is 7.13. The van der Waals surface area contributed by atoms with E-state index in [1.54, 1.807) is 43.5 Å². The largest absolute Gasteiger partial charge is 0.497 e. The summed E-state index contributed by atoms with van der Waals surface area (Å²) < 4.78 is 11.0. The molecule has 0 spiro atoms. The van der Waals surface area contributed by atoms with Crippen LogP contribution in [-0.2, 0) is 0 Å². The minimum Gasteiger partial charge on any atom is -0.497 e. The zero-order chi connectivity index (χ0) is 18.8. The zero-order valence-corrected chi connectivity index (χ0v) is 15.2. The first-order chi connectivity index (χ1) is 13.1. The van der Waals surface area contributed by atoms with Crippen molar-refractivity contribution in [3.8, 4) is 17.2 Å². The van der Waals surface area contributed by atoms with Crippen LogP contribution in [0.4, 0.5) is 5.69 Å². The lowest BCUT2D eigenvalue weighted by molar-refractivity contribution is 0.102. The Morgan fingerprint density at radius 2 is 1.93 bits per heavy atom. The number of carbonyl (C=O) groups is 1. The molecule has 0 unspecified atom stereocenters. The molecule has 0 aliphatic carbocycles. The quantitative estimate of drug-likeness (QED) is 0.515. The number of hydrogen-bond acceptors (Lipinski definition) is 4. The molecule has 0 fully saturated rings. The fourth-order valence-corrected chi connectivity index (χ4v) is 2.95. The van der Waals surface area contributed by atoms with Gasteiger partial charge in [-0.05, 0) is 42.5 Å². The molecule has 6 heteroatoms. The van der Waals surface area contributed by atoms with Crippen LogP contribution in [0.15, 0.2) is 71.1 Å². The predicted molar refractivity (Wildman–Crippen MR) is 105 cm³/mol. The third kappa shape index (κ3) is 3.50. The zero-order valence-electron chi connectivity index (χ0n) is 14.4. The van der Waals surface area contributed by atoms with Crippen molar-refractivity contribution < 1.29 is 13.9 Å². The van der Waals surface area contributed by atoms with E-state index >= 15 is 0 Å². The molecule has 134 valence electrons. The maximum Gasteiger partial charge on any atom is 0.257 e. The third-order valence-corrected chi connectivity index (χ3v) is 4.41. The highest BCUT2D eigenvalue weighted by atomic mass is 35.5. The highest BCUT2D eigenvalue weighted by Crippen LogP contribution is 2.28. The van der Waals surface area contributed by atoms with Gasteiger partial charge in [-0.2, -0.15) is 0 Å². The molecule has 0 aliphatic rings.